The number of aliphatic imine (C=N–C) groups is 1. The summed E-state index contributed by atoms with van der Waals surface area (Å²) in [7, 11) is 0. The normalized spacial score (nSPS) is 11.8. The highest BCUT2D eigenvalue weighted by Crippen LogP contribution is 2.25. The molecule has 3 amide bonds. The molecule has 0 aliphatic heterocycles. The monoisotopic (exact) mass is 800 g/mol. The summed E-state index contributed by atoms with van der Waals surface area (Å²) in [6.07, 6.45) is -1.81. The maximum Gasteiger partial charge on any atom is 0.490 e. The molecule has 17 heteroatoms. The Kier molecular flexibility index (Phi) is 16.5. The number of benzene rings is 4. The van der Waals surface area contributed by atoms with Crippen molar-refractivity contribution in [2.45, 2.75) is 56.9 Å². The molecule has 58 heavy (non-hydrogen) atoms. The number of guanidine groups is 1. The molecule has 5 aromatic rings. The SMILES string of the molecule is NC(=NCCC[C@@H](NC(=O)C(c1ccccc1)c1ccccc1)C(=O)NCc1ccc(O)cc1)NC(=O)CCCn1cc(-c2ccccc2)nn1.O=C(O)C(F)(F)F. The van der Waals surface area contributed by atoms with Crippen LogP contribution in [0, 0.1) is 0 Å². The van der Waals surface area contributed by atoms with Crippen LogP contribution in [0.25, 0.3) is 11.3 Å². The van der Waals surface area contributed by atoms with Crippen molar-refractivity contribution in [2.24, 2.45) is 10.7 Å². The number of nitrogens with two attached hydrogens (primary N) is 1. The Morgan fingerprint density at radius 3 is 1.95 bits per heavy atom. The van der Waals surface area contributed by atoms with E-state index in [1.807, 2.05) is 97.2 Å². The first kappa shape index (κ1) is 43.7. The number of nitrogens with one attached hydrogen (secondary N) is 3. The average molecular weight is 801 g/mol. The van der Waals surface area contributed by atoms with Crippen LogP contribution < -0.4 is 21.7 Å². The number of phenols is 1. The number of aryl methyl sites for hydroxylation is 1. The second-order valence-electron chi connectivity index (χ2n) is 12.8. The molecule has 0 radical (unpaired) electrons. The van der Waals surface area contributed by atoms with Crippen molar-refractivity contribution in [2.75, 3.05) is 6.54 Å². The molecule has 1 atom stereocenters. The van der Waals surface area contributed by atoms with Gasteiger partial charge in [-0.2, -0.15) is 13.2 Å². The molecule has 1 aromatic heterocycles. The molecule has 0 saturated carbocycles. The van der Waals surface area contributed by atoms with Crippen molar-refractivity contribution in [3.05, 3.63) is 138 Å². The van der Waals surface area contributed by atoms with E-state index in [4.69, 9.17) is 15.6 Å². The number of phenolic OH excluding ortho intramolecular Hbond substituents is 1. The summed E-state index contributed by atoms with van der Waals surface area (Å²) in [5.74, 6) is -4.21. The smallest absolute Gasteiger partial charge is 0.490 e. The van der Waals surface area contributed by atoms with Gasteiger partial charge in [0.25, 0.3) is 0 Å². The van der Waals surface area contributed by atoms with E-state index in [1.54, 1.807) is 28.9 Å². The molecule has 0 aliphatic rings. The summed E-state index contributed by atoms with van der Waals surface area (Å²) in [6, 6.07) is 34.2. The minimum Gasteiger partial charge on any atom is -0.508 e. The maximum atomic E-state index is 13.9. The molecular weight excluding hydrogens is 757 g/mol. The van der Waals surface area contributed by atoms with E-state index < -0.39 is 24.1 Å². The number of aliphatic carboxylic acids is 1. The lowest BCUT2D eigenvalue weighted by Gasteiger charge is -2.23. The summed E-state index contributed by atoms with van der Waals surface area (Å²) in [6.45, 7) is 0.960. The second-order valence-corrected chi connectivity index (χ2v) is 12.8. The predicted molar refractivity (Wildman–Crippen MR) is 209 cm³/mol. The van der Waals surface area contributed by atoms with Crippen LogP contribution in [-0.2, 0) is 32.3 Å². The third kappa shape index (κ3) is 14.6. The summed E-state index contributed by atoms with van der Waals surface area (Å²) >= 11 is 0. The van der Waals surface area contributed by atoms with Crippen molar-refractivity contribution < 1.29 is 42.6 Å². The van der Waals surface area contributed by atoms with Gasteiger partial charge in [0.05, 0.1) is 12.1 Å². The quantitative estimate of drug-likeness (QED) is 0.0454. The number of amides is 3. The molecule has 0 aliphatic carbocycles. The third-order valence-electron chi connectivity index (χ3n) is 8.41. The Balaban J connectivity index is 0.000000973. The molecule has 0 saturated heterocycles. The van der Waals surface area contributed by atoms with Crippen molar-refractivity contribution in [3.8, 4) is 17.0 Å². The molecule has 304 valence electrons. The molecule has 14 nitrogen and oxygen atoms in total. The van der Waals surface area contributed by atoms with Gasteiger partial charge in [-0.05, 0) is 48.1 Å². The van der Waals surface area contributed by atoms with Gasteiger partial charge in [-0.3, -0.25) is 29.4 Å². The Bertz CT molecular complexity index is 2060. The third-order valence-corrected chi connectivity index (χ3v) is 8.41. The van der Waals surface area contributed by atoms with Crippen LogP contribution in [0.5, 0.6) is 5.75 Å². The van der Waals surface area contributed by atoms with Crippen LogP contribution in [0.3, 0.4) is 0 Å². The highest BCUT2D eigenvalue weighted by atomic mass is 19.4. The minimum atomic E-state index is -5.08. The number of halogens is 3. The van der Waals surface area contributed by atoms with E-state index in [-0.39, 0.29) is 55.4 Å². The van der Waals surface area contributed by atoms with E-state index in [2.05, 4.69) is 31.3 Å². The van der Waals surface area contributed by atoms with Gasteiger partial charge >= 0.3 is 12.1 Å². The lowest BCUT2D eigenvalue weighted by molar-refractivity contribution is -0.192. The topological polar surface area (TPSA) is 214 Å². The average Bonchev–Trinajstić information content (AvgIpc) is 3.69. The first-order valence-corrected chi connectivity index (χ1v) is 18.1. The lowest BCUT2D eigenvalue weighted by atomic mass is 9.90. The van der Waals surface area contributed by atoms with Crippen LogP contribution in [0.2, 0.25) is 0 Å². The van der Waals surface area contributed by atoms with Crippen LogP contribution in [0.15, 0.2) is 126 Å². The van der Waals surface area contributed by atoms with Gasteiger partial charge in [0.1, 0.15) is 17.5 Å². The largest absolute Gasteiger partial charge is 0.508 e. The zero-order valence-corrected chi connectivity index (χ0v) is 31.2. The first-order valence-electron chi connectivity index (χ1n) is 18.1. The summed E-state index contributed by atoms with van der Waals surface area (Å²) in [5.41, 5.74) is 10.1. The number of carbonyl (C=O) groups excluding carboxylic acids is 3. The summed E-state index contributed by atoms with van der Waals surface area (Å²) in [5, 5.41) is 33.5. The fourth-order valence-electron chi connectivity index (χ4n) is 5.53. The number of hydrogen-bond donors (Lipinski definition) is 6. The number of carboxylic acids is 1. The van der Waals surface area contributed by atoms with Crippen molar-refractivity contribution in [1.82, 2.24) is 30.9 Å². The Labute approximate surface area is 332 Å². The van der Waals surface area contributed by atoms with Crippen molar-refractivity contribution >= 4 is 29.7 Å². The van der Waals surface area contributed by atoms with Crippen LogP contribution >= 0.6 is 0 Å². The van der Waals surface area contributed by atoms with Gasteiger partial charge in [0, 0.05) is 31.6 Å². The van der Waals surface area contributed by atoms with Gasteiger partial charge in [0.2, 0.25) is 17.7 Å². The Morgan fingerprint density at radius 2 is 1.38 bits per heavy atom. The first-order chi connectivity index (χ1) is 27.8. The van der Waals surface area contributed by atoms with E-state index in [1.165, 1.54) is 0 Å². The van der Waals surface area contributed by atoms with E-state index >= 15 is 0 Å². The highest BCUT2D eigenvalue weighted by Gasteiger charge is 2.38. The number of nitrogens with zero attached hydrogens (tertiary/aromatic N) is 4. The molecular formula is C41H43F3N8O6. The van der Waals surface area contributed by atoms with Crippen LogP contribution in [-0.4, -0.2) is 73.6 Å². The highest BCUT2D eigenvalue weighted by molar-refractivity contribution is 5.96. The number of carbonyl (C=O) groups is 4. The second kappa shape index (κ2) is 21.9. The molecule has 0 fully saturated rings. The molecule has 4 aromatic carbocycles. The van der Waals surface area contributed by atoms with Crippen LogP contribution in [0.4, 0.5) is 13.2 Å². The Morgan fingerprint density at radius 1 is 0.810 bits per heavy atom. The molecule has 0 bridgehead atoms. The fourth-order valence-corrected chi connectivity index (χ4v) is 5.53. The lowest BCUT2D eigenvalue weighted by Crippen LogP contribution is -2.48. The van der Waals surface area contributed by atoms with E-state index in [9.17, 15) is 32.7 Å². The predicted octanol–water partition coefficient (Wildman–Crippen LogP) is 4.91. The van der Waals surface area contributed by atoms with Gasteiger partial charge in [0.15, 0.2) is 5.96 Å². The molecule has 0 unspecified atom stereocenters. The number of aromatic nitrogens is 3. The van der Waals surface area contributed by atoms with Crippen molar-refractivity contribution in [1.29, 1.82) is 0 Å². The Hall–Kier alpha value is -7.04. The molecule has 1 heterocycles. The van der Waals surface area contributed by atoms with Gasteiger partial charge < -0.3 is 26.6 Å². The number of carboxylic acid groups (broad SMARTS) is 1. The van der Waals surface area contributed by atoms with Crippen LogP contribution in [0.1, 0.15) is 48.3 Å². The molecule has 0 spiro atoms. The zero-order chi connectivity index (χ0) is 41.9. The maximum absolute atomic E-state index is 13.9. The van der Waals surface area contributed by atoms with Gasteiger partial charge in [-0.15, -0.1) is 5.10 Å². The summed E-state index contributed by atoms with van der Waals surface area (Å²) in [4.78, 5) is 53.0. The van der Waals surface area contributed by atoms with Gasteiger partial charge in [-0.25, -0.2) is 4.79 Å². The van der Waals surface area contributed by atoms with Gasteiger partial charge in [-0.1, -0.05) is 108 Å². The minimum absolute atomic E-state index is 0.0160. The number of alkyl halides is 3. The standard InChI is InChI=1S/C39H42N8O4.C2HF3O2/c40-39(44-35(49)19-11-25-47-27-34(45-46-47)29-12-4-1-5-13-29)41-24-10-18-33(37(50)42-26-28-20-22-32(48)23-21-28)43-38(51)36(30-14-6-2-7-15-30)31-16-8-3-9-17-31;3-2(4,5)1(6)7/h1-9,12-17,20-23,27,33,36,48H,10-11,18-19,24-26H2,(H,42,50)(H,43,51)(H3,40,41,44,49);(H,6,7)/t33-;/m1./s1. The fraction of sp³-hybridized carbons (Fsp3) is 0.244. The number of aromatic hydroxyl groups is 1. The molecule has 7 N–H and O–H groups in total. The molecule has 5 rings (SSSR count). The van der Waals surface area contributed by atoms with E-state index in [0.29, 0.717) is 19.4 Å². The van der Waals surface area contributed by atoms with Crippen molar-refractivity contribution in [3.63, 3.8) is 0 Å². The number of hydrogen-bond acceptors (Lipinski definition) is 8. The van der Waals surface area contributed by atoms with E-state index in [0.717, 1.165) is 27.9 Å². The number of rotatable bonds is 16. The zero-order valence-electron chi connectivity index (χ0n) is 31.2. The summed E-state index contributed by atoms with van der Waals surface area (Å²) < 4.78 is 33.4.